The number of nitrogens with zero attached hydrogens (tertiary/aromatic N) is 2. The summed E-state index contributed by atoms with van der Waals surface area (Å²) in [6.07, 6.45) is 0.743. The molecule has 38 heavy (non-hydrogen) atoms. The molecule has 9 heteroatoms. The summed E-state index contributed by atoms with van der Waals surface area (Å²) in [5.41, 5.74) is 2.73. The molecule has 3 rings (SSSR count). The number of carbonyl (C=O) groups excluding carboxylic acids is 2. The van der Waals surface area contributed by atoms with E-state index in [-0.39, 0.29) is 17.3 Å². The lowest BCUT2D eigenvalue weighted by Crippen LogP contribution is -2.51. The van der Waals surface area contributed by atoms with Crippen LogP contribution in [0.2, 0.25) is 5.02 Å². The van der Waals surface area contributed by atoms with Crippen molar-refractivity contribution in [1.29, 1.82) is 0 Å². The summed E-state index contributed by atoms with van der Waals surface area (Å²) in [7, 11) is -4.10. The molecule has 1 atom stereocenters. The Morgan fingerprint density at radius 3 is 2.26 bits per heavy atom. The van der Waals surface area contributed by atoms with Crippen molar-refractivity contribution < 1.29 is 18.0 Å². The molecule has 0 heterocycles. The van der Waals surface area contributed by atoms with Gasteiger partial charge in [0, 0.05) is 18.1 Å². The average Bonchev–Trinajstić information content (AvgIpc) is 2.90. The Labute approximate surface area is 230 Å². The second-order valence-corrected chi connectivity index (χ2v) is 11.5. The topological polar surface area (TPSA) is 86.8 Å². The minimum absolute atomic E-state index is 0.0469. The van der Waals surface area contributed by atoms with Crippen LogP contribution in [0.15, 0.2) is 77.7 Å². The molecule has 0 aliphatic heterocycles. The SMILES string of the molecule is CCCNC(=O)[C@@H](C)N(Cc1ccccc1Cl)C(=O)CN(c1ccc(C)cc1C)S(=O)(=O)c1ccccc1. The van der Waals surface area contributed by atoms with Crippen molar-refractivity contribution in [3.05, 3.63) is 94.5 Å². The molecule has 2 amide bonds. The summed E-state index contributed by atoms with van der Waals surface area (Å²) < 4.78 is 28.8. The summed E-state index contributed by atoms with van der Waals surface area (Å²) in [5, 5.41) is 3.28. The van der Waals surface area contributed by atoms with Gasteiger partial charge in [-0.25, -0.2) is 8.42 Å². The van der Waals surface area contributed by atoms with E-state index in [0.717, 1.165) is 16.3 Å². The van der Waals surface area contributed by atoms with Gasteiger partial charge in [0.15, 0.2) is 0 Å². The van der Waals surface area contributed by atoms with Crippen molar-refractivity contribution in [3.8, 4) is 0 Å². The summed E-state index contributed by atoms with van der Waals surface area (Å²) in [5.74, 6) is -0.847. The molecule has 0 radical (unpaired) electrons. The second kappa shape index (κ2) is 12.9. The summed E-state index contributed by atoms with van der Waals surface area (Å²) in [6, 6.07) is 19.6. The maximum absolute atomic E-state index is 13.9. The van der Waals surface area contributed by atoms with E-state index in [9.17, 15) is 18.0 Å². The van der Waals surface area contributed by atoms with E-state index in [2.05, 4.69) is 5.32 Å². The van der Waals surface area contributed by atoms with E-state index in [1.807, 2.05) is 32.9 Å². The number of carbonyl (C=O) groups is 2. The Kier molecular flexibility index (Phi) is 9.94. The van der Waals surface area contributed by atoms with Gasteiger partial charge in [0.25, 0.3) is 10.0 Å². The van der Waals surface area contributed by atoms with E-state index < -0.39 is 28.5 Å². The number of hydrogen-bond donors (Lipinski definition) is 1. The molecule has 3 aromatic carbocycles. The third-order valence-corrected chi connectivity index (χ3v) is 8.39. The highest BCUT2D eigenvalue weighted by Gasteiger charge is 2.33. The highest BCUT2D eigenvalue weighted by molar-refractivity contribution is 7.92. The van der Waals surface area contributed by atoms with Gasteiger partial charge in [-0.1, -0.05) is 72.6 Å². The maximum Gasteiger partial charge on any atom is 0.264 e. The Hall–Kier alpha value is -3.36. The van der Waals surface area contributed by atoms with Crippen molar-refractivity contribution in [1.82, 2.24) is 10.2 Å². The van der Waals surface area contributed by atoms with Crippen LogP contribution in [-0.2, 0) is 26.2 Å². The zero-order valence-electron chi connectivity index (χ0n) is 22.1. The number of sulfonamides is 1. The molecule has 0 aromatic heterocycles. The summed E-state index contributed by atoms with van der Waals surface area (Å²) in [4.78, 5) is 28.3. The smallest absolute Gasteiger partial charge is 0.264 e. The van der Waals surface area contributed by atoms with E-state index in [4.69, 9.17) is 11.6 Å². The summed E-state index contributed by atoms with van der Waals surface area (Å²) >= 11 is 6.39. The Morgan fingerprint density at radius 2 is 1.63 bits per heavy atom. The van der Waals surface area contributed by atoms with Crippen LogP contribution in [0, 0.1) is 13.8 Å². The predicted molar refractivity (Wildman–Crippen MR) is 152 cm³/mol. The van der Waals surface area contributed by atoms with Crippen molar-refractivity contribution >= 4 is 39.1 Å². The van der Waals surface area contributed by atoms with Crippen molar-refractivity contribution in [2.24, 2.45) is 0 Å². The van der Waals surface area contributed by atoms with Gasteiger partial charge in [-0.05, 0) is 62.6 Å². The van der Waals surface area contributed by atoms with Crippen LogP contribution in [0.1, 0.15) is 37.0 Å². The second-order valence-electron chi connectivity index (χ2n) is 9.19. The fraction of sp³-hybridized carbons (Fsp3) is 0.310. The van der Waals surface area contributed by atoms with Gasteiger partial charge in [-0.2, -0.15) is 0 Å². The first-order valence-corrected chi connectivity index (χ1v) is 14.3. The molecule has 0 aliphatic rings. The Bertz CT molecular complexity index is 1380. The molecule has 202 valence electrons. The molecular weight excluding hydrogens is 522 g/mol. The number of benzene rings is 3. The molecule has 7 nitrogen and oxygen atoms in total. The van der Waals surface area contributed by atoms with E-state index in [1.54, 1.807) is 55.5 Å². The first kappa shape index (κ1) is 29.2. The summed E-state index contributed by atoms with van der Waals surface area (Å²) in [6.45, 7) is 7.32. The molecule has 0 saturated heterocycles. The normalized spacial score (nSPS) is 12.0. The largest absolute Gasteiger partial charge is 0.354 e. The van der Waals surface area contributed by atoms with Crippen LogP contribution in [0.5, 0.6) is 0 Å². The molecule has 1 N–H and O–H groups in total. The third kappa shape index (κ3) is 6.94. The molecule has 0 spiro atoms. The van der Waals surface area contributed by atoms with Crippen molar-refractivity contribution in [2.45, 2.75) is 51.6 Å². The number of nitrogens with one attached hydrogen (secondary N) is 1. The number of hydrogen-bond acceptors (Lipinski definition) is 4. The zero-order valence-corrected chi connectivity index (χ0v) is 23.7. The van der Waals surface area contributed by atoms with Gasteiger partial charge in [-0.15, -0.1) is 0 Å². The fourth-order valence-electron chi connectivity index (χ4n) is 4.11. The molecule has 0 aliphatic carbocycles. The fourth-order valence-corrected chi connectivity index (χ4v) is 5.80. The number of amides is 2. The molecule has 3 aromatic rings. The number of anilines is 1. The van der Waals surface area contributed by atoms with Gasteiger partial charge >= 0.3 is 0 Å². The van der Waals surface area contributed by atoms with Crippen LogP contribution in [0.25, 0.3) is 0 Å². The van der Waals surface area contributed by atoms with Crippen molar-refractivity contribution in [2.75, 3.05) is 17.4 Å². The van der Waals surface area contributed by atoms with E-state index >= 15 is 0 Å². The molecule has 0 bridgehead atoms. The van der Waals surface area contributed by atoms with Crippen molar-refractivity contribution in [3.63, 3.8) is 0 Å². The lowest BCUT2D eigenvalue weighted by molar-refractivity contribution is -0.139. The van der Waals surface area contributed by atoms with Gasteiger partial charge in [-0.3, -0.25) is 13.9 Å². The molecule has 0 fully saturated rings. The Balaban J connectivity index is 2.05. The monoisotopic (exact) mass is 555 g/mol. The maximum atomic E-state index is 13.9. The van der Waals surface area contributed by atoms with E-state index in [1.165, 1.54) is 17.0 Å². The van der Waals surface area contributed by atoms with Crippen LogP contribution >= 0.6 is 11.6 Å². The van der Waals surface area contributed by atoms with Crippen LogP contribution in [0.4, 0.5) is 5.69 Å². The molecule has 0 unspecified atom stereocenters. The van der Waals surface area contributed by atoms with Gasteiger partial charge in [0.2, 0.25) is 11.8 Å². The minimum Gasteiger partial charge on any atom is -0.354 e. The molecular formula is C29H34ClN3O4S. The predicted octanol–water partition coefficient (Wildman–Crippen LogP) is 5.10. The highest BCUT2D eigenvalue weighted by atomic mass is 35.5. The minimum atomic E-state index is -4.10. The Morgan fingerprint density at radius 1 is 0.974 bits per heavy atom. The van der Waals surface area contributed by atoms with Crippen LogP contribution in [-0.4, -0.2) is 44.3 Å². The zero-order chi connectivity index (χ0) is 27.9. The third-order valence-electron chi connectivity index (χ3n) is 6.25. The number of aryl methyl sites for hydroxylation is 2. The van der Waals surface area contributed by atoms with Crippen LogP contribution in [0.3, 0.4) is 0 Å². The molecule has 0 saturated carbocycles. The number of rotatable bonds is 11. The van der Waals surface area contributed by atoms with Crippen LogP contribution < -0.4 is 9.62 Å². The first-order chi connectivity index (χ1) is 18.1. The quantitative estimate of drug-likeness (QED) is 0.357. The van der Waals surface area contributed by atoms with Gasteiger partial charge in [0.1, 0.15) is 12.6 Å². The average molecular weight is 556 g/mol. The van der Waals surface area contributed by atoms with Gasteiger partial charge < -0.3 is 10.2 Å². The number of halogens is 1. The highest BCUT2D eigenvalue weighted by Crippen LogP contribution is 2.28. The first-order valence-electron chi connectivity index (χ1n) is 12.5. The lowest BCUT2D eigenvalue weighted by Gasteiger charge is -2.32. The van der Waals surface area contributed by atoms with E-state index in [0.29, 0.717) is 28.4 Å². The standard InChI is InChI=1S/C29H34ClN3O4S/c1-5-17-31-29(35)23(4)32(19-24-11-9-10-14-26(24)30)28(34)20-33(27-16-15-21(2)18-22(27)3)38(36,37)25-12-7-6-8-13-25/h6-16,18,23H,5,17,19-20H2,1-4H3,(H,31,35)/t23-/m1/s1. The lowest BCUT2D eigenvalue weighted by atomic mass is 10.1. The van der Waals surface area contributed by atoms with Gasteiger partial charge in [0.05, 0.1) is 10.6 Å².